The fourth-order valence-electron chi connectivity index (χ4n) is 10.7. The lowest BCUT2D eigenvalue weighted by atomic mass is 10.0. The Hall–Kier alpha value is -0.760. The van der Waals surface area contributed by atoms with Gasteiger partial charge in [-0.3, -0.25) is 13.8 Å². The first-order valence-corrected chi connectivity index (χ1v) is 35.6. The summed E-state index contributed by atoms with van der Waals surface area (Å²) in [6, 6.07) is -0.843. The molecule has 454 valence electrons. The number of carbonyl (C=O) groups excluding carboxylic acids is 1. The van der Waals surface area contributed by atoms with E-state index in [1.807, 2.05) is 27.2 Å². The number of hydrogen-bond donors (Lipinski definition) is 3. The lowest BCUT2D eigenvalue weighted by molar-refractivity contribution is -0.870. The average molecular weight is 1100 g/mol. The number of quaternary nitrogens is 1. The van der Waals surface area contributed by atoms with Crippen molar-refractivity contribution in [2.24, 2.45) is 0 Å². The minimum atomic E-state index is -4.35. The van der Waals surface area contributed by atoms with Crippen LogP contribution in [-0.4, -0.2) is 73.4 Å². The SMILES string of the molecule is CCCCCCCCCCCCCCCCCCCCCCCC/C=C/C(O)C(COP(=O)(O)OCC[N+](C)(C)C)NC(=O)CCCCCCCCCCCCCCCCCCCCCCCCCCCCCCCC. The molecular weight excluding hydrogens is 960 g/mol. The molecule has 0 aliphatic heterocycles. The molecule has 9 heteroatoms. The number of nitrogens with one attached hydrogen (secondary N) is 1. The maximum absolute atomic E-state index is 13.0. The van der Waals surface area contributed by atoms with E-state index in [9.17, 15) is 19.4 Å². The summed E-state index contributed by atoms with van der Waals surface area (Å²) < 4.78 is 23.8. The molecule has 0 aliphatic carbocycles. The van der Waals surface area contributed by atoms with Gasteiger partial charge in [0.1, 0.15) is 13.2 Å². The van der Waals surface area contributed by atoms with E-state index in [-0.39, 0.29) is 19.1 Å². The van der Waals surface area contributed by atoms with Crippen molar-refractivity contribution in [1.82, 2.24) is 5.32 Å². The molecule has 0 aromatic carbocycles. The molecular formula is C67H136N2O6P+. The second-order valence-corrected chi connectivity index (χ2v) is 26.4. The summed E-state index contributed by atoms with van der Waals surface area (Å²) in [5, 5.41) is 14.0. The van der Waals surface area contributed by atoms with E-state index in [4.69, 9.17) is 9.05 Å². The highest BCUT2D eigenvalue weighted by Crippen LogP contribution is 2.43. The molecule has 0 radical (unpaired) electrons. The topological polar surface area (TPSA) is 105 Å². The van der Waals surface area contributed by atoms with Crippen molar-refractivity contribution in [3.05, 3.63) is 12.2 Å². The van der Waals surface area contributed by atoms with Gasteiger partial charge in [0.15, 0.2) is 0 Å². The van der Waals surface area contributed by atoms with Gasteiger partial charge in [0.25, 0.3) is 0 Å². The van der Waals surface area contributed by atoms with Crippen molar-refractivity contribution in [3.63, 3.8) is 0 Å². The van der Waals surface area contributed by atoms with Gasteiger partial charge >= 0.3 is 7.82 Å². The van der Waals surface area contributed by atoms with E-state index in [2.05, 4.69) is 19.2 Å². The van der Waals surface area contributed by atoms with Crippen LogP contribution in [0.4, 0.5) is 0 Å². The molecule has 0 heterocycles. The number of carbonyl (C=O) groups is 1. The third kappa shape index (κ3) is 60.9. The Morgan fingerprint density at radius 1 is 0.434 bits per heavy atom. The van der Waals surface area contributed by atoms with Crippen LogP contribution in [0.15, 0.2) is 12.2 Å². The van der Waals surface area contributed by atoms with Crippen LogP contribution in [-0.2, 0) is 18.4 Å². The summed E-state index contributed by atoms with van der Waals surface area (Å²) in [7, 11) is 1.60. The van der Waals surface area contributed by atoms with Gasteiger partial charge in [-0.05, 0) is 19.3 Å². The lowest BCUT2D eigenvalue weighted by Gasteiger charge is -2.25. The average Bonchev–Trinajstić information content (AvgIpc) is 3.38. The van der Waals surface area contributed by atoms with E-state index in [0.29, 0.717) is 17.4 Å². The molecule has 0 fully saturated rings. The minimum Gasteiger partial charge on any atom is -0.387 e. The van der Waals surface area contributed by atoms with Gasteiger partial charge in [-0.15, -0.1) is 0 Å². The summed E-state index contributed by atoms with van der Waals surface area (Å²) >= 11 is 0. The van der Waals surface area contributed by atoms with Crippen molar-refractivity contribution in [3.8, 4) is 0 Å². The molecule has 0 saturated heterocycles. The number of allylic oxidation sites excluding steroid dienone is 1. The van der Waals surface area contributed by atoms with Crippen LogP contribution in [0.25, 0.3) is 0 Å². The van der Waals surface area contributed by atoms with E-state index < -0.39 is 20.0 Å². The molecule has 76 heavy (non-hydrogen) atoms. The van der Waals surface area contributed by atoms with Gasteiger partial charge in [0.2, 0.25) is 5.91 Å². The Labute approximate surface area is 475 Å². The monoisotopic (exact) mass is 1100 g/mol. The van der Waals surface area contributed by atoms with Crippen molar-refractivity contribution >= 4 is 13.7 Å². The number of aliphatic hydroxyl groups is 1. The Balaban J connectivity index is 4.04. The zero-order chi connectivity index (χ0) is 55.6. The van der Waals surface area contributed by atoms with Crippen molar-refractivity contribution in [2.75, 3.05) is 40.9 Å². The number of amides is 1. The molecule has 1 amide bonds. The molecule has 0 aromatic heterocycles. The lowest BCUT2D eigenvalue weighted by Crippen LogP contribution is -2.45. The number of aliphatic hydroxyl groups excluding tert-OH is 1. The van der Waals surface area contributed by atoms with Crippen LogP contribution in [0.1, 0.15) is 361 Å². The number of nitrogens with zero attached hydrogens (tertiary/aromatic N) is 1. The Morgan fingerprint density at radius 2 is 0.697 bits per heavy atom. The zero-order valence-corrected chi connectivity index (χ0v) is 52.9. The highest BCUT2D eigenvalue weighted by molar-refractivity contribution is 7.47. The third-order valence-electron chi connectivity index (χ3n) is 16.0. The quantitative estimate of drug-likeness (QED) is 0.0243. The van der Waals surface area contributed by atoms with E-state index in [1.54, 1.807) is 6.08 Å². The Kier molecular flexibility index (Phi) is 58.3. The first kappa shape index (κ1) is 75.2. The van der Waals surface area contributed by atoms with Gasteiger partial charge in [-0.1, -0.05) is 347 Å². The number of unbranched alkanes of at least 4 members (excludes halogenated alkanes) is 51. The second kappa shape index (κ2) is 58.9. The predicted octanol–water partition coefficient (Wildman–Crippen LogP) is 21.3. The zero-order valence-electron chi connectivity index (χ0n) is 52.0. The molecule has 3 atom stereocenters. The molecule has 0 aromatic rings. The maximum Gasteiger partial charge on any atom is 0.472 e. The Morgan fingerprint density at radius 3 is 0.974 bits per heavy atom. The van der Waals surface area contributed by atoms with Crippen LogP contribution in [0, 0.1) is 0 Å². The first-order chi connectivity index (χ1) is 37.0. The van der Waals surface area contributed by atoms with Gasteiger partial charge in [0, 0.05) is 6.42 Å². The largest absolute Gasteiger partial charge is 0.472 e. The molecule has 0 saturated carbocycles. The molecule has 0 aliphatic rings. The fourth-order valence-corrected chi connectivity index (χ4v) is 11.4. The highest BCUT2D eigenvalue weighted by Gasteiger charge is 2.28. The molecule has 0 bridgehead atoms. The normalized spacial score (nSPS) is 13.7. The number of hydrogen-bond acceptors (Lipinski definition) is 5. The van der Waals surface area contributed by atoms with Crippen LogP contribution < -0.4 is 5.32 Å². The Bertz CT molecular complexity index is 1240. The molecule has 0 rings (SSSR count). The van der Waals surface area contributed by atoms with E-state index in [1.165, 1.54) is 308 Å². The van der Waals surface area contributed by atoms with E-state index in [0.717, 1.165) is 32.1 Å². The minimum absolute atomic E-state index is 0.0655. The van der Waals surface area contributed by atoms with Crippen LogP contribution >= 0.6 is 7.82 Å². The standard InChI is InChI=1S/C67H135N2O6P/c1-6-8-10-12-14-16-18-20-22-24-26-28-30-32-33-34-35-36-37-39-41-43-45-47-49-51-53-55-57-59-61-67(71)68-65(64-75-76(72,73)74-63-62-69(3,4)5)66(70)60-58-56-54-52-50-48-46-44-42-40-38-31-29-27-25-23-21-19-17-15-13-11-9-7-2/h58,60,65-66,70H,6-57,59,61-64H2,1-5H3,(H-,68,71,72,73)/p+1/b60-58+. The van der Waals surface area contributed by atoms with Crippen molar-refractivity contribution in [1.29, 1.82) is 0 Å². The predicted molar refractivity (Wildman–Crippen MR) is 332 cm³/mol. The first-order valence-electron chi connectivity index (χ1n) is 34.1. The number of phosphoric ester groups is 1. The van der Waals surface area contributed by atoms with Crippen LogP contribution in [0.5, 0.6) is 0 Å². The second-order valence-electron chi connectivity index (χ2n) is 24.9. The molecule has 3 N–H and O–H groups in total. The molecule has 0 spiro atoms. The third-order valence-corrected chi connectivity index (χ3v) is 17.0. The maximum atomic E-state index is 13.0. The fraction of sp³-hybridized carbons (Fsp3) is 0.955. The van der Waals surface area contributed by atoms with Crippen molar-refractivity contribution in [2.45, 2.75) is 373 Å². The van der Waals surface area contributed by atoms with Gasteiger partial charge in [-0.25, -0.2) is 4.57 Å². The smallest absolute Gasteiger partial charge is 0.387 e. The molecule has 3 unspecified atom stereocenters. The van der Waals surface area contributed by atoms with E-state index >= 15 is 0 Å². The van der Waals surface area contributed by atoms with Gasteiger partial charge < -0.3 is 19.8 Å². The van der Waals surface area contributed by atoms with Crippen LogP contribution in [0.3, 0.4) is 0 Å². The molecule has 8 nitrogen and oxygen atoms in total. The summed E-state index contributed by atoms with van der Waals surface area (Å²) in [4.78, 5) is 23.4. The number of likely N-dealkylation sites (N-methyl/N-ethyl adjacent to an activating group) is 1. The summed E-state index contributed by atoms with van der Waals surface area (Å²) in [5.74, 6) is -0.167. The summed E-state index contributed by atoms with van der Waals surface area (Å²) in [6.07, 6.45) is 74.9. The summed E-state index contributed by atoms with van der Waals surface area (Å²) in [6.45, 7) is 4.89. The van der Waals surface area contributed by atoms with Crippen molar-refractivity contribution < 1.29 is 32.9 Å². The summed E-state index contributed by atoms with van der Waals surface area (Å²) in [5.41, 5.74) is 0. The highest BCUT2D eigenvalue weighted by atomic mass is 31.2. The number of rotatable bonds is 64. The van der Waals surface area contributed by atoms with Crippen LogP contribution in [0.2, 0.25) is 0 Å². The number of phosphoric acid groups is 1. The van der Waals surface area contributed by atoms with Gasteiger partial charge in [-0.2, -0.15) is 0 Å². The van der Waals surface area contributed by atoms with Gasteiger partial charge in [0.05, 0.1) is 39.9 Å².